The molecule has 0 saturated carbocycles. The van der Waals surface area contributed by atoms with Crippen molar-refractivity contribution in [3.8, 4) is 6.07 Å². The van der Waals surface area contributed by atoms with E-state index >= 15 is 0 Å². The summed E-state index contributed by atoms with van der Waals surface area (Å²) in [6.45, 7) is 1.81. The van der Waals surface area contributed by atoms with E-state index in [0.29, 0.717) is 6.42 Å². The van der Waals surface area contributed by atoms with Crippen molar-refractivity contribution in [1.82, 2.24) is 4.90 Å². The van der Waals surface area contributed by atoms with Gasteiger partial charge in [0.25, 0.3) is 0 Å². The van der Waals surface area contributed by atoms with Crippen molar-refractivity contribution in [1.29, 1.82) is 5.26 Å². The van der Waals surface area contributed by atoms with Gasteiger partial charge in [-0.3, -0.25) is 4.79 Å². The minimum Gasteiger partial charge on any atom is -0.341 e. The van der Waals surface area contributed by atoms with Gasteiger partial charge in [-0.1, -0.05) is 0 Å². The third-order valence-electron chi connectivity index (χ3n) is 1.56. The first-order valence-electron chi connectivity index (χ1n) is 3.32. The largest absolute Gasteiger partial charge is 0.341 e. The van der Waals surface area contributed by atoms with Crippen LogP contribution in [0.2, 0.25) is 0 Å². The smallest absolute Gasteiger partial charge is 0.237 e. The molecule has 0 fully saturated rings. The molecule has 0 saturated heterocycles. The molecule has 0 heterocycles. The van der Waals surface area contributed by atoms with Crippen molar-refractivity contribution in [2.75, 3.05) is 12.9 Å². The standard InChI is InChI=1S/C7H11ClN2O/c1-6(3-4-9)10(2)7(11)5-8/h6H,3,5H2,1-2H3. The van der Waals surface area contributed by atoms with Gasteiger partial charge in [0.1, 0.15) is 5.88 Å². The molecule has 0 aliphatic carbocycles. The number of amides is 1. The summed E-state index contributed by atoms with van der Waals surface area (Å²) < 4.78 is 0. The van der Waals surface area contributed by atoms with Crippen LogP contribution >= 0.6 is 11.6 Å². The van der Waals surface area contributed by atoms with Crippen LogP contribution in [0.1, 0.15) is 13.3 Å². The molecule has 0 N–H and O–H groups in total. The predicted octanol–water partition coefficient (Wildman–Crippen LogP) is 0.986. The molecule has 11 heavy (non-hydrogen) atoms. The Labute approximate surface area is 71.5 Å². The highest BCUT2D eigenvalue weighted by Crippen LogP contribution is 2.00. The van der Waals surface area contributed by atoms with Gasteiger partial charge in [-0.15, -0.1) is 11.6 Å². The second-order valence-corrected chi connectivity index (χ2v) is 2.62. The summed E-state index contributed by atoms with van der Waals surface area (Å²) in [5, 5.41) is 8.32. The zero-order valence-electron chi connectivity index (χ0n) is 6.67. The van der Waals surface area contributed by atoms with Gasteiger partial charge in [0.15, 0.2) is 0 Å². The third kappa shape index (κ3) is 3.24. The summed E-state index contributed by atoms with van der Waals surface area (Å²) in [6, 6.07) is 1.94. The van der Waals surface area contributed by atoms with Crippen molar-refractivity contribution in [3.05, 3.63) is 0 Å². The Balaban J connectivity index is 3.92. The van der Waals surface area contributed by atoms with Gasteiger partial charge >= 0.3 is 0 Å². The summed E-state index contributed by atoms with van der Waals surface area (Å²) in [4.78, 5) is 12.4. The average Bonchev–Trinajstić information content (AvgIpc) is 2.02. The monoisotopic (exact) mass is 174 g/mol. The molecule has 3 nitrogen and oxygen atoms in total. The van der Waals surface area contributed by atoms with Gasteiger partial charge in [-0.05, 0) is 6.92 Å². The molecule has 0 spiro atoms. The van der Waals surface area contributed by atoms with Gasteiger partial charge in [0, 0.05) is 13.1 Å². The van der Waals surface area contributed by atoms with Gasteiger partial charge < -0.3 is 4.90 Å². The molecule has 1 atom stereocenters. The van der Waals surface area contributed by atoms with Crippen LogP contribution in [0.3, 0.4) is 0 Å². The maximum atomic E-state index is 10.9. The summed E-state index contributed by atoms with van der Waals surface area (Å²) in [6.07, 6.45) is 0.346. The number of nitrogens with zero attached hydrogens (tertiary/aromatic N) is 2. The molecule has 0 aromatic carbocycles. The van der Waals surface area contributed by atoms with E-state index in [9.17, 15) is 4.79 Å². The molecular formula is C7H11ClN2O. The van der Waals surface area contributed by atoms with Crippen LogP contribution in [0.15, 0.2) is 0 Å². The SMILES string of the molecule is CC(CC#N)N(C)C(=O)CCl. The Hall–Kier alpha value is -0.750. The quantitative estimate of drug-likeness (QED) is 0.599. The zero-order chi connectivity index (χ0) is 8.85. The molecule has 1 amide bonds. The first-order chi connectivity index (χ1) is 5.13. The molecule has 0 aliphatic heterocycles. The fourth-order valence-electron chi connectivity index (χ4n) is 0.609. The fraction of sp³-hybridized carbons (Fsp3) is 0.714. The van der Waals surface area contributed by atoms with Crippen molar-refractivity contribution >= 4 is 17.5 Å². The zero-order valence-corrected chi connectivity index (χ0v) is 7.43. The predicted molar refractivity (Wildman–Crippen MR) is 43.2 cm³/mol. The molecule has 0 rings (SSSR count). The van der Waals surface area contributed by atoms with Crippen LogP contribution in [0, 0.1) is 11.3 Å². The molecule has 62 valence electrons. The molecule has 0 aliphatic rings. The number of halogens is 1. The minimum atomic E-state index is -0.144. The Bertz CT molecular complexity index is 176. The number of carbonyl (C=O) groups excluding carboxylic acids is 1. The van der Waals surface area contributed by atoms with Gasteiger partial charge in [0.2, 0.25) is 5.91 Å². The van der Waals surface area contributed by atoms with Crippen molar-refractivity contribution < 1.29 is 4.79 Å². The lowest BCUT2D eigenvalue weighted by Gasteiger charge is -2.21. The van der Waals surface area contributed by atoms with E-state index < -0.39 is 0 Å². The summed E-state index contributed by atoms with van der Waals surface area (Å²) in [5.74, 6) is -0.166. The Morgan fingerprint density at radius 2 is 2.36 bits per heavy atom. The van der Waals surface area contributed by atoms with E-state index in [4.69, 9.17) is 16.9 Å². The lowest BCUT2D eigenvalue weighted by atomic mass is 10.2. The highest BCUT2D eigenvalue weighted by molar-refractivity contribution is 6.27. The van der Waals surface area contributed by atoms with Gasteiger partial charge in [-0.25, -0.2) is 0 Å². The van der Waals surface area contributed by atoms with Crippen molar-refractivity contribution in [2.45, 2.75) is 19.4 Å². The lowest BCUT2D eigenvalue weighted by molar-refractivity contribution is -0.128. The second kappa shape index (κ2) is 4.97. The number of carbonyl (C=O) groups is 1. The van der Waals surface area contributed by atoms with E-state index in [1.165, 1.54) is 4.90 Å². The van der Waals surface area contributed by atoms with E-state index in [1.807, 2.05) is 13.0 Å². The second-order valence-electron chi connectivity index (χ2n) is 2.35. The molecule has 0 radical (unpaired) electrons. The third-order valence-corrected chi connectivity index (χ3v) is 1.78. The van der Waals surface area contributed by atoms with E-state index in [-0.39, 0.29) is 17.8 Å². The number of hydrogen-bond donors (Lipinski definition) is 0. The average molecular weight is 175 g/mol. The highest BCUT2D eigenvalue weighted by Gasteiger charge is 2.13. The maximum absolute atomic E-state index is 10.9. The van der Waals surface area contributed by atoms with Crippen LogP contribution in [0.25, 0.3) is 0 Å². The normalized spacial score (nSPS) is 11.8. The first kappa shape index (κ1) is 10.2. The molecule has 0 bridgehead atoms. The summed E-state index contributed by atoms with van der Waals surface area (Å²) >= 11 is 5.32. The van der Waals surface area contributed by atoms with Crippen LogP contribution in [-0.2, 0) is 4.79 Å². The number of rotatable bonds is 3. The van der Waals surface area contributed by atoms with E-state index in [0.717, 1.165) is 0 Å². The number of alkyl halides is 1. The molecule has 4 heteroatoms. The van der Waals surface area contributed by atoms with Crippen molar-refractivity contribution in [3.63, 3.8) is 0 Å². The summed E-state index contributed by atoms with van der Waals surface area (Å²) in [5.41, 5.74) is 0. The topological polar surface area (TPSA) is 44.1 Å². The Morgan fingerprint density at radius 1 is 1.82 bits per heavy atom. The highest BCUT2D eigenvalue weighted by atomic mass is 35.5. The van der Waals surface area contributed by atoms with Crippen LogP contribution in [-0.4, -0.2) is 29.8 Å². The van der Waals surface area contributed by atoms with Crippen LogP contribution < -0.4 is 0 Å². The van der Waals surface area contributed by atoms with E-state index in [2.05, 4.69) is 0 Å². The molecule has 1 unspecified atom stereocenters. The Morgan fingerprint density at radius 3 is 2.73 bits per heavy atom. The first-order valence-corrected chi connectivity index (χ1v) is 3.85. The Kier molecular flexibility index (Phi) is 4.64. The number of nitriles is 1. The van der Waals surface area contributed by atoms with Crippen LogP contribution in [0.4, 0.5) is 0 Å². The molecule has 0 aromatic heterocycles. The van der Waals surface area contributed by atoms with Gasteiger partial charge in [-0.2, -0.15) is 5.26 Å². The molecular weight excluding hydrogens is 164 g/mol. The lowest BCUT2D eigenvalue weighted by Crippen LogP contribution is -2.35. The van der Waals surface area contributed by atoms with Gasteiger partial charge in [0.05, 0.1) is 12.5 Å². The maximum Gasteiger partial charge on any atom is 0.237 e. The van der Waals surface area contributed by atoms with E-state index in [1.54, 1.807) is 7.05 Å². The fourth-order valence-corrected chi connectivity index (χ4v) is 0.798. The molecule has 0 aromatic rings. The minimum absolute atomic E-state index is 0.0216. The van der Waals surface area contributed by atoms with Crippen molar-refractivity contribution in [2.24, 2.45) is 0 Å². The number of hydrogen-bond acceptors (Lipinski definition) is 2. The van der Waals surface area contributed by atoms with Crippen LogP contribution in [0.5, 0.6) is 0 Å². The summed E-state index contributed by atoms with van der Waals surface area (Å²) in [7, 11) is 1.65.